The van der Waals surface area contributed by atoms with E-state index < -0.39 is 6.10 Å². The highest BCUT2D eigenvalue weighted by atomic mass is 79.9. The third-order valence-corrected chi connectivity index (χ3v) is 2.95. The Morgan fingerprint density at radius 2 is 2.33 bits per heavy atom. The maximum absolute atomic E-state index is 8.86. The van der Waals surface area contributed by atoms with Crippen LogP contribution in [0.4, 0.5) is 0 Å². The van der Waals surface area contributed by atoms with Crippen molar-refractivity contribution in [1.29, 1.82) is 5.26 Å². The van der Waals surface area contributed by atoms with Gasteiger partial charge in [-0.15, -0.1) is 0 Å². The second kappa shape index (κ2) is 6.09. The summed E-state index contributed by atoms with van der Waals surface area (Å²) in [4.78, 5) is 0. The summed E-state index contributed by atoms with van der Waals surface area (Å²) in [6.45, 7) is 0.0331. The number of halogens is 2. The van der Waals surface area contributed by atoms with Gasteiger partial charge in [0.25, 0.3) is 0 Å². The topological polar surface area (TPSA) is 53.2 Å². The number of ether oxygens (including phenoxy) is 1. The van der Waals surface area contributed by atoms with E-state index in [1.54, 1.807) is 18.2 Å². The molecule has 3 nitrogen and oxygen atoms in total. The Morgan fingerprint density at radius 3 is 2.87 bits per heavy atom. The first-order valence-corrected chi connectivity index (χ1v) is 5.43. The summed E-state index contributed by atoms with van der Waals surface area (Å²) in [6.07, 6.45) is -0.675. The molecule has 0 fully saturated rings. The van der Waals surface area contributed by atoms with Crippen LogP contribution in [0.5, 0.6) is 0 Å². The van der Waals surface area contributed by atoms with Gasteiger partial charge in [-0.2, -0.15) is 5.26 Å². The van der Waals surface area contributed by atoms with Crippen molar-refractivity contribution in [1.82, 2.24) is 0 Å². The Hall–Kier alpha value is -0.600. The van der Waals surface area contributed by atoms with Crippen LogP contribution in [0, 0.1) is 11.3 Å². The van der Waals surface area contributed by atoms with Crippen molar-refractivity contribution in [2.45, 2.75) is 6.10 Å². The van der Waals surface area contributed by atoms with Crippen LogP contribution in [0.15, 0.2) is 22.7 Å². The summed E-state index contributed by atoms with van der Waals surface area (Å²) in [6, 6.07) is 7.14. The van der Waals surface area contributed by atoms with Crippen molar-refractivity contribution < 1.29 is 9.84 Å². The fourth-order valence-electron chi connectivity index (χ4n) is 1.05. The van der Waals surface area contributed by atoms with E-state index in [2.05, 4.69) is 15.9 Å². The van der Waals surface area contributed by atoms with Crippen LogP contribution in [-0.2, 0) is 4.74 Å². The number of rotatable bonds is 4. The highest BCUT2D eigenvalue weighted by Gasteiger charge is 2.11. The van der Waals surface area contributed by atoms with Gasteiger partial charge in [0.1, 0.15) is 0 Å². The Morgan fingerprint density at radius 1 is 1.60 bits per heavy atom. The molecule has 0 spiro atoms. The first-order chi connectivity index (χ1) is 7.19. The van der Waals surface area contributed by atoms with E-state index >= 15 is 0 Å². The highest BCUT2D eigenvalue weighted by Crippen LogP contribution is 2.27. The molecule has 1 rings (SSSR count). The van der Waals surface area contributed by atoms with E-state index in [4.69, 9.17) is 26.7 Å². The molecule has 1 atom stereocenters. The number of hydrogen-bond acceptors (Lipinski definition) is 3. The average Bonchev–Trinajstić information content (AvgIpc) is 2.24. The van der Waals surface area contributed by atoms with Gasteiger partial charge in [-0.25, -0.2) is 0 Å². The summed E-state index contributed by atoms with van der Waals surface area (Å²) in [5, 5.41) is 18.0. The summed E-state index contributed by atoms with van der Waals surface area (Å²) in [7, 11) is 0. The predicted molar refractivity (Wildman–Crippen MR) is 60.5 cm³/mol. The van der Waals surface area contributed by atoms with Gasteiger partial charge in [0.15, 0.2) is 6.10 Å². The van der Waals surface area contributed by atoms with E-state index in [0.717, 1.165) is 4.47 Å². The third kappa shape index (κ3) is 3.47. The van der Waals surface area contributed by atoms with Crippen molar-refractivity contribution in [3.8, 4) is 6.07 Å². The Kier molecular flexibility index (Phi) is 5.06. The summed E-state index contributed by atoms with van der Waals surface area (Å²) in [5.74, 6) is 0. The summed E-state index contributed by atoms with van der Waals surface area (Å²) < 4.78 is 5.86. The lowest BCUT2D eigenvalue weighted by Crippen LogP contribution is -2.06. The minimum absolute atomic E-state index is 0.104. The molecule has 5 heteroatoms. The first-order valence-electron chi connectivity index (χ1n) is 4.26. The zero-order valence-corrected chi connectivity index (χ0v) is 10.1. The number of hydrogen-bond donors (Lipinski definition) is 1. The minimum Gasteiger partial charge on any atom is -0.394 e. The molecule has 0 aliphatic heterocycles. The van der Waals surface area contributed by atoms with Crippen LogP contribution in [0.3, 0.4) is 0 Å². The fourth-order valence-corrected chi connectivity index (χ4v) is 1.57. The van der Waals surface area contributed by atoms with Gasteiger partial charge in [0, 0.05) is 4.47 Å². The molecule has 0 aliphatic rings. The second-order valence-electron chi connectivity index (χ2n) is 2.78. The van der Waals surface area contributed by atoms with Crippen LogP contribution in [0.1, 0.15) is 11.7 Å². The van der Waals surface area contributed by atoms with Gasteiger partial charge >= 0.3 is 0 Å². The standard InChI is InChI=1S/C10H9BrClNO2/c11-8-5-7(1-2-9(8)12)10(6-13)15-4-3-14/h1-2,5,10,14H,3-4H2. The van der Waals surface area contributed by atoms with E-state index in [0.29, 0.717) is 10.6 Å². The van der Waals surface area contributed by atoms with Gasteiger partial charge < -0.3 is 9.84 Å². The molecule has 0 aromatic heterocycles. The molecule has 0 aliphatic carbocycles. The fraction of sp³-hybridized carbons (Fsp3) is 0.300. The average molecular weight is 291 g/mol. The van der Waals surface area contributed by atoms with Gasteiger partial charge in [0.2, 0.25) is 0 Å². The number of aliphatic hydroxyl groups is 1. The van der Waals surface area contributed by atoms with Gasteiger partial charge in [0.05, 0.1) is 24.3 Å². The predicted octanol–water partition coefficient (Wildman–Crippen LogP) is 2.68. The third-order valence-electron chi connectivity index (χ3n) is 1.74. The normalized spacial score (nSPS) is 12.1. The monoisotopic (exact) mass is 289 g/mol. The van der Waals surface area contributed by atoms with Crippen molar-refractivity contribution >= 4 is 27.5 Å². The van der Waals surface area contributed by atoms with Gasteiger partial charge in [-0.3, -0.25) is 0 Å². The largest absolute Gasteiger partial charge is 0.394 e. The number of aliphatic hydroxyl groups excluding tert-OH is 1. The molecule has 1 N–H and O–H groups in total. The van der Waals surface area contributed by atoms with Gasteiger partial charge in [-0.1, -0.05) is 17.7 Å². The SMILES string of the molecule is N#CC(OCCO)c1ccc(Cl)c(Br)c1. The molecule has 15 heavy (non-hydrogen) atoms. The van der Waals surface area contributed by atoms with E-state index in [9.17, 15) is 0 Å². The van der Waals surface area contributed by atoms with Crippen LogP contribution < -0.4 is 0 Å². The Labute approximate surface area is 101 Å². The van der Waals surface area contributed by atoms with Crippen molar-refractivity contribution in [3.05, 3.63) is 33.3 Å². The second-order valence-corrected chi connectivity index (χ2v) is 4.04. The van der Waals surface area contributed by atoms with E-state index in [1.165, 1.54) is 0 Å². The quantitative estimate of drug-likeness (QED) is 0.927. The van der Waals surface area contributed by atoms with Crippen LogP contribution in [-0.4, -0.2) is 18.3 Å². The van der Waals surface area contributed by atoms with Gasteiger partial charge in [-0.05, 0) is 33.6 Å². The lowest BCUT2D eigenvalue weighted by Gasteiger charge is -2.10. The maximum atomic E-state index is 8.86. The summed E-state index contributed by atoms with van der Waals surface area (Å²) >= 11 is 9.09. The van der Waals surface area contributed by atoms with Crippen molar-refractivity contribution in [2.75, 3.05) is 13.2 Å². The highest BCUT2D eigenvalue weighted by molar-refractivity contribution is 9.10. The van der Waals surface area contributed by atoms with Crippen LogP contribution >= 0.6 is 27.5 Å². The molecule has 0 bridgehead atoms. The molecular formula is C10H9BrClNO2. The first kappa shape index (κ1) is 12.5. The Balaban J connectivity index is 2.84. The number of nitriles is 1. The molecular weight excluding hydrogens is 281 g/mol. The Bertz CT molecular complexity index is 378. The zero-order valence-electron chi connectivity index (χ0n) is 7.78. The van der Waals surface area contributed by atoms with E-state index in [-0.39, 0.29) is 13.2 Å². The maximum Gasteiger partial charge on any atom is 0.169 e. The molecule has 1 unspecified atom stereocenters. The minimum atomic E-state index is -0.675. The van der Waals surface area contributed by atoms with Crippen molar-refractivity contribution in [3.63, 3.8) is 0 Å². The molecule has 1 aromatic rings. The van der Waals surface area contributed by atoms with E-state index in [1.807, 2.05) is 6.07 Å². The van der Waals surface area contributed by atoms with Crippen molar-refractivity contribution in [2.24, 2.45) is 0 Å². The number of benzene rings is 1. The molecule has 0 amide bonds. The zero-order chi connectivity index (χ0) is 11.3. The summed E-state index contributed by atoms with van der Waals surface area (Å²) in [5.41, 5.74) is 0.710. The molecule has 0 heterocycles. The molecule has 0 saturated heterocycles. The van der Waals surface area contributed by atoms with Crippen LogP contribution in [0.25, 0.3) is 0 Å². The molecule has 1 aromatic carbocycles. The molecule has 0 saturated carbocycles. The smallest absolute Gasteiger partial charge is 0.169 e. The van der Waals surface area contributed by atoms with Crippen LogP contribution in [0.2, 0.25) is 5.02 Å². The lowest BCUT2D eigenvalue weighted by atomic mass is 10.1. The molecule has 0 radical (unpaired) electrons. The number of nitrogens with zero attached hydrogens (tertiary/aromatic N) is 1. The molecule has 80 valence electrons. The lowest BCUT2D eigenvalue weighted by molar-refractivity contribution is 0.0581.